The van der Waals surface area contributed by atoms with Gasteiger partial charge >= 0.3 is 18.2 Å². The Kier molecular flexibility index (Phi) is 13.2. The Bertz CT molecular complexity index is 1550. The molecule has 0 aliphatic carbocycles. The van der Waals surface area contributed by atoms with Crippen molar-refractivity contribution in [1.82, 2.24) is 14.8 Å². The maximum Gasteiger partial charge on any atom is 0.490 e. The van der Waals surface area contributed by atoms with Gasteiger partial charge in [-0.15, -0.1) is 0 Å². The minimum atomic E-state index is -5.08. The van der Waals surface area contributed by atoms with Crippen molar-refractivity contribution in [2.24, 2.45) is 11.3 Å². The number of carboxylic acids is 1. The third kappa shape index (κ3) is 11.9. The van der Waals surface area contributed by atoms with Crippen LogP contribution in [-0.4, -0.2) is 73.3 Å². The third-order valence-electron chi connectivity index (χ3n) is 8.05. The lowest BCUT2D eigenvalue weighted by Gasteiger charge is -2.34. The fourth-order valence-electron chi connectivity index (χ4n) is 5.39. The number of alkyl halides is 4. The normalized spacial score (nSPS) is 17.3. The minimum Gasteiger partial charge on any atom is -0.475 e. The molecule has 1 aromatic heterocycles. The lowest BCUT2D eigenvalue weighted by Crippen LogP contribution is -2.39. The van der Waals surface area contributed by atoms with E-state index in [2.05, 4.69) is 50.3 Å². The van der Waals surface area contributed by atoms with Gasteiger partial charge in [0, 0.05) is 56.6 Å². The van der Waals surface area contributed by atoms with E-state index < -0.39 is 50.0 Å². The van der Waals surface area contributed by atoms with Crippen molar-refractivity contribution in [3.05, 3.63) is 83.7 Å². The van der Waals surface area contributed by atoms with Gasteiger partial charge in [0.2, 0.25) is 0 Å². The van der Waals surface area contributed by atoms with Crippen LogP contribution in [0, 0.1) is 23.0 Å². The zero-order valence-electron chi connectivity index (χ0n) is 28.6. The summed E-state index contributed by atoms with van der Waals surface area (Å²) in [6.07, 6.45) is -4.85. The van der Waals surface area contributed by atoms with Crippen LogP contribution in [0.4, 0.5) is 31.1 Å². The van der Waals surface area contributed by atoms with Gasteiger partial charge < -0.3 is 24.6 Å². The Balaban J connectivity index is 0.000000838. The van der Waals surface area contributed by atoms with Gasteiger partial charge in [-0.25, -0.2) is 22.8 Å². The Morgan fingerprint density at radius 2 is 1.65 bits per heavy atom. The SMILES string of the molecule is CC(C)(C)[C@@H](NC[C@@H]1CN(C(=O)OCC[Si](C)(C)C)C[C@@H]1F)c1cc(-c2cc(F)ccc2F)cn1Cc1ccccc1.O=C(O)C(F)(F)F. The number of amides is 1. The van der Waals surface area contributed by atoms with E-state index in [1.165, 1.54) is 11.0 Å². The number of aliphatic carboxylic acids is 1. The summed E-state index contributed by atoms with van der Waals surface area (Å²) >= 11 is 0. The van der Waals surface area contributed by atoms with Gasteiger partial charge in [0.15, 0.2) is 0 Å². The van der Waals surface area contributed by atoms with Crippen molar-refractivity contribution in [3.8, 4) is 11.1 Å². The number of carbonyl (C=O) groups is 2. The van der Waals surface area contributed by atoms with E-state index in [4.69, 9.17) is 14.6 Å². The van der Waals surface area contributed by atoms with E-state index in [-0.39, 0.29) is 30.1 Å². The Morgan fingerprint density at radius 1 is 1.02 bits per heavy atom. The molecule has 2 aromatic carbocycles. The second-order valence-corrected chi connectivity index (χ2v) is 20.1. The van der Waals surface area contributed by atoms with Gasteiger partial charge in [-0.2, -0.15) is 13.2 Å². The molecule has 0 bridgehead atoms. The minimum absolute atomic E-state index is 0.0195. The maximum absolute atomic E-state index is 15.2. The predicted molar refractivity (Wildman–Crippen MR) is 179 cm³/mol. The Hall–Kier alpha value is -3.78. The Labute approximate surface area is 284 Å². The first-order valence-corrected chi connectivity index (χ1v) is 19.6. The number of carbonyl (C=O) groups excluding carboxylic acids is 1. The van der Waals surface area contributed by atoms with Crippen molar-refractivity contribution < 1.29 is 45.8 Å². The summed E-state index contributed by atoms with van der Waals surface area (Å²) < 4.78 is 83.4. The Morgan fingerprint density at radius 3 is 2.22 bits per heavy atom. The maximum atomic E-state index is 15.2. The molecule has 3 aromatic rings. The smallest absolute Gasteiger partial charge is 0.475 e. The van der Waals surface area contributed by atoms with Crippen LogP contribution < -0.4 is 5.32 Å². The first-order chi connectivity index (χ1) is 22.7. The highest BCUT2D eigenvalue weighted by Gasteiger charge is 2.39. The number of likely N-dealkylation sites (tertiary alicyclic amines) is 1. The molecule has 1 aliphatic rings. The number of rotatable bonds is 10. The van der Waals surface area contributed by atoms with Crippen molar-refractivity contribution in [3.63, 3.8) is 0 Å². The standard InChI is InChI=1S/C33H44F3N3O2Si.C2HF3O2/c1-33(2,3)31(37-18-25-21-39(22-29(25)36)32(40)41-14-15-42(4,5)6)30-16-24(27-17-26(34)12-13-28(27)35)20-38(30)19-23-10-8-7-9-11-23;3-2(4,5)1(6)7/h7-13,16-17,20,25,29,31,37H,14-15,18-19,21-22H2,1-6H3;(H,6,7)/t25-,29+,31+;/m1./s1. The van der Waals surface area contributed by atoms with E-state index in [0.717, 1.165) is 29.4 Å². The number of hydrogen-bond acceptors (Lipinski definition) is 4. The van der Waals surface area contributed by atoms with Crippen LogP contribution in [0.2, 0.25) is 25.7 Å². The van der Waals surface area contributed by atoms with Gasteiger partial charge in [-0.1, -0.05) is 70.7 Å². The third-order valence-corrected chi connectivity index (χ3v) is 9.75. The van der Waals surface area contributed by atoms with E-state index in [9.17, 15) is 26.7 Å². The van der Waals surface area contributed by atoms with E-state index in [1.54, 1.807) is 0 Å². The number of carboxylic acid groups (broad SMARTS) is 1. The molecule has 270 valence electrons. The van der Waals surface area contributed by atoms with Gasteiger partial charge in [-0.3, -0.25) is 0 Å². The zero-order chi connectivity index (χ0) is 36.7. The molecular formula is C35H45F6N3O4Si. The first-order valence-electron chi connectivity index (χ1n) is 15.9. The van der Waals surface area contributed by atoms with E-state index in [0.29, 0.717) is 25.3 Å². The number of nitrogens with one attached hydrogen (secondary N) is 1. The summed E-state index contributed by atoms with van der Waals surface area (Å²) in [7, 11) is -1.34. The predicted octanol–water partition coefficient (Wildman–Crippen LogP) is 8.54. The van der Waals surface area contributed by atoms with Gasteiger partial charge in [0.25, 0.3) is 0 Å². The van der Waals surface area contributed by atoms with Crippen LogP contribution >= 0.6 is 0 Å². The molecule has 1 fully saturated rings. The van der Waals surface area contributed by atoms with Crippen LogP contribution in [0.15, 0.2) is 60.8 Å². The molecule has 1 saturated heterocycles. The van der Waals surface area contributed by atoms with Gasteiger partial charge in [0.1, 0.15) is 17.8 Å². The molecule has 0 unspecified atom stereocenters. The first kappa shape index (κ1) is 39.7. The number of nitrogens with zero attached hydrogens (tertiary/aromatic N) is 2. The second kappa shape index (κ2) is 16.3. The topological polar surface area (TPSA) is 83.8 Å². The second-order valence-electron chi connectivity index (χ2n) is 14.5. The summed E-state index contributed by atoms with van der Waals surface area (Å²) in [5.74, 6) is -4.15. The molecule has 1 amide bonds. The fourth-order valence-corrected chi connectivity index (χ4v) is 6.10. The lowest BCUT2D eigenvalue weighted by atomic mass is 9.84. The van der Waals surface area contributed by atoms with Crippen molar-refractivity contribution in [2.45, 2.75) is 71.4 Å². The number of halogens is 6. The summed E-state index contributed by atoms with van der Waals surface area (Å²) in [5.41, 5.74) is 2.42. The number of hydrogen-bond donors (Lipinski definition) is 2. The summed E-state index contributed by atoms with van der Waals surface area (Å²) in [6.45, 7) is 14.5. The number of aromatic nitrogens is 1. The average Bonchev–Trinajstić information content (AvgIpc) is 3.56. The largest absolute Gasteiger partial charge is 0.490 e. The highest BCUT2D eigenvalue weighted by Crippen LogP contribution is 2.37. The average molecular weight is 714 g/mol. The quantitative estimate of drug-likeness (QED) is 0.163. The van der Waals surface area contributed by atoms with Crippen LogP contribution in [0.5, 0.6) is 0 Å². The molecular weight excluding hydrogens is 668 g/mol. The van der Waals surface area contributed by atoms with Gasteiger partial charge in [0.05, 0.1) is 19.2 Å². The molecule has 1 aliphatic heterocycles. The van der Waals surface area contributed by atoms with Crippen molar-refractivity contribution in [1.29, 1.82) is 0 Å². The van der Waals surface area contributed by atoms with Crippen LogP contribution in [0.25, 0.3) is 11.1 Å². The van der Waals surface area contributed by atoms with Crippen molar-refractivity contribution >= 4 is 20.1 Å². The fraction of sp³-hybridized carbons (Fsp3) is 0.486. The van der Waals surface area contributed by atoms with Crippen LogP contribution in [-0.2, 0) is 16.1 Å². The molecule has 0 radical (unpaired) electrons. The molecule has 2 heterocycles. The van der Waals surface area contributed by atoms with Gasteiger partial charge in [-0.05, 0) is 41.3 Å². The number of benzene rings is 2. The highest BCUT2D eigenvalue weighted by molar-refractivity contribution is 6.76. The molecule has 0 saturated carbocycles. The molecule has 3 atom stereocenters. The van der Waals surface area contributed by atoms with E-state index >= 15 is 4.39 Å². The monoisotopic (exact) mass is 713 g/mol. The molecule has 2 N–H and O–H groups in total. The summed E-state index contributed by atoms with van der Waals surface area (Å²) in [5, 5.41) is 10.7. The molecule has 14 heteroatoms. The lowest BCUT2D eigenvalue weighted by molar-refractivity contribution is -0.192. The van der Waals surface area contributed by atoms with Crippen LogP contribution in [0.3, 0.4) is 0 Å². The molecule has 7 nitrogen and oxygen atoms in total. The highest BCUT2D eigenvalue weighted by atomic mass is 28.3. The van der Waals surface area contributed by atoms with E-state index in [1.807, 2.05) is 42.6 Å². The summed E-state index contributed by atoms with van der Waals surface area (Å²) in [6, 6.07) is 15.9. The summed E-state index contributed by atoms with van der Waals surface area (Å²) in [4.78, 5) is 23.0. The number of ether oxygens (including phenoxy) is 1. The van der Waals surface area contributed by atoms with Crippen molar-refractivity contribution in [2.75, 3.05) is 26.2 Å². The molecule has 49 heavy (non-hydrogen) atoms. The molecule has 0 spiro atoms. The molecule has 4 rings (SSSR count). The van der Waals surface area contributed by atoms with Crippen LogP contribution in [0.1, 0.15) is 38.1 Å². The zero-order valence-corrected chi connectivity index (χ0v) is 29.6.